The van der Waals surface area contributed by atoms with Gasteiger partial charge in [0.2, 0.25) is 5.91 Å². The topological polar surface area (TPSA) is 85.5 Å². The minimum Gasteiger partial charge on any atom is -0.462 e. The smallest absolute Gasteiger partial charge is 0.339 e. The van der Waals surface area contributed by atoms with Crippen LogP contribution in [0.5, 0.6) is 0 Å². The molecule has 1 rings (SSSR count). The van der Waals surface area contributed by atoms with Gasteiger partial charge in [0.15, 0.2) is 0 Å². The van der Waals surface area contributed by atoms with Crippen molar-refractivity contribution in [1.82, 2.24) is 4.98 Å². The second-order valence-corrected chi connectivity index (χ2v) is 4.37. The lowest BCUT2D eigenvalue weighted by molar-refractivity contribution is -0.116. The van der Waals surface area contributed by atoms with Crippen LogP contribution in [-0.4, -0.2) is 36.6 Å². The maximum atomic E-state index is 11.5. The highest BCUT2D eigenvalue weighted by Gasteiger charge is 2.12. The van der Waals surface area contributed by atoms with Gasteiger partial charge in [-0.05, 0) is 25.5 Å². The first-order valence-corrected chi connectivity index (χ1v) is 6.74. The molecule has 6 heteroatoms. The first kappa shape index (κ1) is 15.9. The van der Waals surface area contributed by atoms with Crippen LogP contribution in [0.3, 0.4) is 0 Å². The van der Waals surface area contributed by atoms with Crippen molar-refractivity contribution in [3.8, 4) is 0 Å². The Morgan fingerprint density at radius 3 is 2.60 bits per heavy atom. The number of rotatable bonds is 8. The van der Waals surface area contributed by atoms with Crippen LogP contribution in [0.4, 0.5) is 5.82 Å². The fourth-order valence-corrected chi connectivity index (χ4v) is 1.72. The zero-order valence-corrected chi connectivity index (χ0v) is 12.0. The van der Waals surface area contributed by atoms with Crippen LogP contribution in [0.25, 0.3) is 0 Å². The normalized spacial score (nSPS) is 10.1. The van der Waals surface area contributed by atoms with Gasteiger partial charge in [-0.25, -0.2) is 9.78 Å². The summed E-state index contributed by atoms with van der Waals surface area (Å²) in [4.78, 5) is 28.6. The largest absolute Gasteiger partial charge is 0.462 e. The highest BCUT2D eigenvalue weighted by Crippen LogP contribution is 2.13. The molecule has 0 radical (unpaired) electrons. The predicted molar refractivity (Wildman–Crippen MR) is 76.5 cm³/mol. The van der Waals surface area contributed by atoms with E-state index in [2.05, 4.69) is 11.9 Å². The van der Waals surface area contributed by atoms with Crippen molar-refractivity contribution in [3.05, 3.63) is 23.9 Å². The van der Waals surface area contributed by atoms with Gasteiger partial charge in [-0.15, -0.1) is 0 Å². The molecule has 20 heavy (non-hydrogen) atoms. The Morgan fingerprint density at radius 2 is 2.10 bits per heavy atom. The molecule has 0 unspecified atom stereocenters. The molecule has 0 spiro atoms. The number of aromatic nitrogens is 1. The zero-order chi connectivity index (χ0) is 15.0. The van der Waals surface area contributed by atoms with E-state index in [-0.39, 0.29) is 6.54 Å². The molecule has 110 valence electrons. The molecule has 0 aromatic carbocycles. The summed E-state index contributed by atoms with van der Waals surface area (Å²) < 4.78 is 4.89. The van der Waals surface area contributed by atoms with Crippen molar-refractivity contribution in [3.63, 3.8) is 0 Å². The van der Waals surface area contributed by atoms with Crippen LogP contribution in [-0.2, 0) is 9.53 Å². The van der Waals surface area contributed by atoms with E-state index in [0.717, 1.165) is 12.8 Å². The van der Waals surface area contributed by atoms with Gasteiger partial charge in [0, 0.05) is 12.7 Å². The molecular formula is C14H21N3O3. The second-order valence-electron chi connectivity index (χ2n) is 4.37. The number of anilines is 1. The Kier molecular flexibility index (Phi) is 6.49. The third-order valence-corrected chi connectivity index (χ3v) is 2.71. The van der Waals surface area contributed by atoms with Gasteiger partial charge in [0.25, 0.3) is 0 Å². The molecule has 1 aromatic rings. The summed E-state index contributed by atoms with van der Waals surface area (Å²) >= 11 is 0. The van der Waals surface area contributed by atoms with Gasteiger partial charge in [-0.1, -0.05) is 13.3 Å². The summed E-state index contributed by atoms with van der Waals surface area (Å²) in [5.74, 6) is -0.177. The lowest BCUT2D eigenvalue weighted by Crippen LogP contribution is -2.35. The number of carbonyl (C=O) groups is 2. The van der Waals surface area contributed by atoms with Crippen molar-refractivity contribution in [2.45, 2.75) is 26.7 Å². The van der Waals surface area contributed by atoms with Gasteiger partial charge in [-0.2, -0.15) is 0 Å². The average Bonchev–Trinajstić information content (AvgIpc) is 2.43. The fraction of sp³-hybridized carbons (Fsp3) is 0.500. The van der Waals surface area contributed by atoms with Crippen LogP contribution >= 0.6 is 0 Å². The standard InChI is InChI=1S/C14H21N3O3/c1-3-5-8-17(10-12(15)18)13-7-6-11(9-16-13)14(19)20-4-2/h6-7,9H,3-5,8,10H2,1-2H3,(H2,15,18). The summed E-state index contributed by atoms with van der Waals surface area (Å²) in [6.07, 6.45) is 3.40. The predicted octanol–water partition coefficient (Wildman–Crippen LogP) is 1.35. The summed E-state index contributed by atoms with van der Waals surface area (Å²) in [6, 6.07) is 3.34. The van der Waals surface area contributed by atoms with Crippen LogP contribution < -0.4 is 10.6 Å². The Hall–Kier alpha value is -2.11. The number of unbranched alkanes of at least 4 members (excludes halogenated alkanes) is 1. The number of amides is 1. The third kappa shape index (κ3) is 4.87. The second kappa shape index (κ2) is 8.14. The minimum atomic E-state index is -0.405. The first-order valence-electron chi connectivity index (χ1n) is 6.74. The Bertz CT molecular complexity index is 445. The molecule has 0 aliphatic carbocycles. The van der Waals surface area contributed by atoms with Gasteiger partial charge < -0.3 is 15.4 Å². The molecule has 1 amide bonds. The summed E-state index contributed by atoms with van der Waals surface area (Å²) in [5.41, 5.74) is 5.63. The van der Waals surface area contributed by atoms with Gasteiger partial charge in [-0.3, -0.25) is 4.79 Å². The molecule has 0 fully saturated rings. The van der Waals surface area contributed by atoms with E-state index >= 15 is 0 Å². The minimum absolute atomic E-state index is 0.117. The quantitative estimate of drug-likeness (QED) is 0.726. The zero-order valence-electron chi connectivity index (χ0n) is 12.0. The molecule has 1 heterocycles. The van der Waals surface area contributed by atoms with E-state index in [0.29, 0.717) is 24.5 Å². The summed E-state index contributed by atoms with van der Waals surface area (Å²) in [7, 11) is 0. The number of esters is 1. The van der Waals surface area contributed by atoms with Crippen molar-refractivity contribution in [2.24, 2.45) is 5.73 Å². The molecule has 2 N–H and O–H groups in total. The molecule has 0 aliphatic rings. The van der Waals surface area contributed by atoms with Gasteiger partial charge in [0.1, 0.15) is 5.82 Å². The van der Waals surface area contributed by atoms with Gasteiger partial charge in [0.05, 0.1) is 18.7 Å². The van der Waals surface area contributed by atoms with Crippen LogP contribution in [0.15, 0.2) is 18.3 Å². The monoisotopic (exact) mass is 279 g/mol. The van der Waals surface area contributed by atoms with Crippen molar-refractivity contribution >= 4 is 17.7 Å². The number of nitrogens with zero attached hydrogens (tertiary/aromatic N) is 2. The number of hydrogen-bond acceptors (Lipinski definition) is 5. The Morgan fingerprint density at radius 1 is 1.35 bits per heavy atom. The van der Waals surface area contributed by atoms with Crippen LogP contribution in [0.1, 0.15) is 37.0 Å². The van der Waals surface area contributed by atoms with Crippen LogP contribution in [0, 0.1) is 0 Å². The number of pyridine rings is 1. The Balaban J connectivity index is 2.80. The SMILES string of the molecule is CCCCN(CC(N)=O)c1ccc(C(=O)OCC)cn1. The molecule has 1 aromatic heterocycles. The van der Waals surface area contributed by atoms with E-state index in [1.54, 1.807) is 24.0 Å². The maximum Gasteiger partial charge on any atom is 0.339 e. The van der Waals surface area contributed by atoms with E-state index in [9.17, 15) is 9.59 Å². The highest BCUT2D eigenvalue weighted by atomic mass is 16.5. The van der Waals surface area contributed by atoms with Crippen molar-refractivity contribution < 1.29 is 14.3 Å². The van der Waals surface area contributed by atoms with E-state index in [1.807, 2.05) is 0 Å². The molecular weight excluding hydrogens is 258 g/mol. The van der Waals surface area contributed by atoms with Crippen molar-refractivity contribution in [2.75, 3.05) is 24.6 Å². The lowest BCUT2D eigenvalue weighted by Gasteiger charge is -2.21. The summed E-state index contributed by atoms with van der Waals surface area (Å²) in [6.45, 7) is 4.96. The molecule has 0 atom stereocenters. The molecule has 0 aliphatic heterocycles. The lowest BCUT2D eigenvalue weighted by atomic mass is 10.2. The number of ether oxygens (including phenoxy) is 1. The molecule has 0 saturated carbocycles. The number of hydrogen-bond donors (Lipinski definition) is 1. The van der Waals surface area contributed by atoms with Crippen LogP contribution in [0.2, 0.25) is 0 Å². The van der Waals surface area contributed by atoms with Crippen molar-refractivity contribution in [1.29, 1.82) is 0 Å². The molecule has 0 saturated heterocycles. The third-order valence-electron chi connectivity index (χ3n) is 2.71. The number of primary amides is 1. The first-order chi connectivity index (χ1) is 9.58. The van der Waals surface area contributed by atoms with E-state index < -0.39 is 11.9 Å². The van der Waals surface area contributed by atoms with Gasteiger partial charge >= 0.3 is 5.97 Å². The van der Waals surface area contributed by atoms with E-state index in [1.165, 1.54) is 6.20 Å². The molecule has 0 bridgehead atoms. The van der Waals surface area contributed by atoms with E-state index in [4.69, 9.17) is 10.5 Å². The average molecular weight is 279 g/mol. The molecule has 6 nitrogen and oxygen atoms in total. The fourth-order valence-electron chi connectivity index (χ4n) is 1.72. The maximum absolute atomic E-state index is 11.5. The Labute approximate surface area is 118 Å². The highest BCUT2D eigenvalue weighted by molar-refractivity contribution is 5.89. The number of carbonyl (C=O) groups excluding carboxylic acids is 2. The summed E-state index contributed by atoms with van der Waals surface area (Å²) in [5, 5.41) is 0. The number of nitrogens with two attached hydrogens (primary N) is 1.